The summed E-state index contributed by atoms with van der Waals surface area (Å²) in [5, 5.41) is 11.6. The lowest BCUT2D eigenvalue weighted by Gasteiger charge is -2.14. The van der Waals surface area contributed by atoms with E-state index in [1.54, 1.807) is 4.90 Å². The van der Waals surface area contributed by atoms with Crippen LogP contribution in [0.25, 0.3) is 11.4 Å². The molecule has 2 aliphatic heterocycles. The summed E-state index contributed by atoms with van der Waals surface area (Å²) in [6.07, 6.45) is 4.47. The molecule has 0 spiro atoms. The van der Waals surface area contributed by atoms with Crippen LogP contribution < -0.4 is 5.32 Å². The van der Waals surface area contributed by atoms with Crippen molar-refractivity contribution in [3.05, 3.63) is 30.1 Å². The van der Waals surface area contributed by atoms with Gasteiger partial charge in [-0.1, -0.05) is 30.3 Å². The average Bonchev–Trinajstić information content (AvgIpc) is 3.14. The fourth-order valence-electron chi connectivity index (χ4n) is 3.38. The number of fused-ring (bicyclic) bond motifs is 1. The molecule has 1 fully saturated rings. The van der Waals surface area contributed by atoms with E-state index in [4.69, 9.17) is 0 Å². The van der Waals surface area contributed by atoms with Crippen LogP contribution in [0.15, 0.2) is 24.3 Å². The second kappa shape index (κ2) is 7.49. The third-order valence-electron chi connectivity index (χ3n) is 4.69. The Balaban J connectivity index is 1.49. The minimum absolute atomic E-state index is 0.0277. The molecule has 2 aliphatic rings. The topological polar surface area (TPSA) is 80.1 Å². The molecule has 0 radical (unpaired) electrons. The number of carbonyl (C=O) groups is 2. The highest BCUT2D eigenvalue weighted by atomic mass is 32.2. The average molecular weight is 371 g/mol. The highest BCUT2D eigenvalue weighted by molar-refractivity contribution is 8.13. The van der Waals surface area contributed by atoms with Gasteiger partial charge in [-0.2, -0.15) is 0 Å². The molecule has 1 saturated heterocycles. The van der Waals surface area contributed by atoms with E-state index in [0.29, 0.717) is 12.2 Å². The number of aromatic nitrogens is 3. The number of hydrogen-bond donors (Lipinski definition) is 1. The predicted molar refractivity (Wildman–Crippen MR) is 101 cm³/mol. The summed E-state index contributed by atoms with van der Waals surface area (Å²) in [7, 11) is 0. The molecule has 1 N–H and O–H groups in total. The number of amides is 2. The maximum absolute atomic E-state index is 12.2. The number of nitrogens with one attached hydrogen (secondary N) is 1. The monoisotopic (exact) mass is 371 g/mol. The van der Waals surface area contributed by atoms with Crippen LogP contribution >= 0.6 is 11.8 Å². The Kier molecular flexibility index (Phi) is 4.92. The molecule has 136 valence electrons. The van der Waals surface area contributed by atoms with E-state index in [0.717, 1.165) is 48.8 Å². The molecule has 0 atom stereocenters. The fourth-order valence-corrected chi connectivity index (χ4v) is 4.20. The highest BCUT2D eigenvalue weighted by Gasteiger charge is 2.23. The molecular weight excluding hydrogens is 350 g/mol. The standard InChI is InChI=1S/C18H21N5O2S/c24-16(12-22-9-10-26-18(22)25)19-14-6-4-5-13(11-14)17-21-20-15-7-2-1-3-8-23(15)17/h4-6,11H,1-3,7-10,12H2,(H,19,24). The largest absolute Gasteiger partial charge is 0.325 e. The molecule has 8 heteroatoms. The Morgan fingerprint density at radius 1 is 1.19 bits per heavy atom. The van der Waals surface area contributed by atoms with Crippen LogP contribution in [0.2, 0.25) is 0 Å². The third-order valence-corrected chi connectivity index (χ3v) is 5.59. The van der Waals surface area contributed by atoms with Gasteiger partial charge in [0.25, 0.3) is 5.24 Å². The third kappa shape index (κ3) is 3.60. The van der Waals surface area contributed by atoms with Crippen molar-refractivity contribution in [2.24, 2.45) is 0 Å². The van der Waals surface area contributed by atoms with Gasteiger partial charge in [0, 0.05) is 36.5 Å². The number of rotatable bonds is 4. The van der Waals surface area contributed by atoms with Gasteiger partial charge in [-0.3, -0.25) is 9.59 Å². The van der Waals surface area contributed by atoms with Crippen LogP contribution in [0.4, 0.5) is 10.5 Å². The summed E-state index contributed by atoms with van der Waals surface area (Å²) in [4.78, 5) is 25.4. The zero-order valence-corrected chi connectivity index (χ0v) is 15.3. The van der Waals surface area contributed by atoms with Gasteiger partial charge < -0.3 is 14.8 Å². The SMILES string of the molecule is O=C(CN1CCSC1=O)Nc1cccc(-c2nnc3n2CCCCC3)c1. The summed E-state index contributed by atoms with van der Waals surface area (Å²) in [5.74, 6) is 2.46. The number of benzene rings is 1. The van der Waals surface area contributed by atoms with Crippen LogP contribution in [0, 0.1) is 0 Å². The first-order valence-electron chi connectivity index (χ1n) is 8.95. The van der Waals surface area contributed by atoms with Crippen molar-refractivity contribution in [1.82, 2.24) is 19.7 Å². The van der Waals surface area contributed by atoms with Crippen molar-refractivity contribution in [1.29, 1.82) is 0 Å². The van der Waals surface area contributed by atoms with Gasteiger partial charge >= 0.3 is 0 Å². The fraction of sp³-hybridized carbons (Fsp3) is 0.444. The maximum Gasteiger partial charge on any atom is 0.282 e. The zero-order chi connectivity index (χ0) is 17.9. The lowest BCUT2D eigenvalue weighted by Crippen LogP contribution is -2.33. The van der Waals surface area contributed by atoms with E-state index in [9.17, 15) is 9.59 Å². The zero-order valence-electron chi connectivity index (χ0n) is 14.5. The summed E-state index contributed by atoms with van der Waals surface area (Å²) in [5.41, 5.74) is 1.65. The number of aryl methyl sites for hydroxylation is 1. The molecule has 4 rings (SSSR count). The first-order valence-corrected chi connectivity index (χ1v) is 9.93. The Morgan fingerprint density at radius 3 is 2.96 bits per heavy atom. The molecule has 2 amide bonds. The van der Waals surface area contributed by atoms with Crippen molar-refractivity contribution >= 4 is 28.6 Å². The summed E-state index contributed by atoms with van der Waals surface area (Å²) >= 11 is 1.26. The van der Waals surface area contributed by atoms with Gasteiger partial charge in [-0.15, -0.1) is 10.2 Å². The minimum atomic E-state index is -0.182. The van der Waals surface area contributed by atoms with E-state index in [2.05, 4.69) is 20.1 Å². The Labute approximate surface area is 156 Å². The van der Waals surface area contributed by atoms with Crippen LogP contribution in [0.1, 0.15) is 25.1 Å². The number of nitrogens with zero attached hydrogens (tertiary/aromatic N) is 4. The second-order valence-electron chi connectivity index (χ2n) is 6.57. The maximum atomic E-state index is 12.2. The number of thioether (sulfide) groups is 1. The van der Waals surface area contributed by atoms with Crippen molar-refractivity contribution in [3.63, 3.8) is 0 Å². The van der Waals surface area contributed by atoms with E-state index >= 15 is 0 Å². The van der Waals surface area contributed by atoms with Gasteiger partial charge in [0.05, 0.1) is 0 Å². The van der Waals surface area contributed by atoms with Gasteiger partial charge in [0.2, 0.25) is 5.91 Å². The molecule has 0 bridgehead atoms. The molecule has 3 heterocycles. The number of hydrogen-bond acceptors (Lipinski definition) is 5. The number of anilines is 1. The molecule has 7 nitrogen and oxygen atoms in total. The molecule has 0 unspecified atom stereocenters. The van der Waals surface area contributed by atoms with Crippen LogP contribution in [0.5, 0.6) is 0 Å². The molecule has 2 aromatic rings. The first-order chi connectivity index (χ1) is 12.7. The summed E-state index contributed by atoms with van der Waals surface area (Å²) < 4.78 is 2.19. The van der Waals surface area contributed by atoms with Gasteiger partial charge in [-0.05, 0) is 25.0 Å². The van der Waals surface area contributed by atoms with Gasteiger partial charge in [-0.25, -0.2) is 0 Å². The van der Waals surface area contributed by atoms with Gasteiger partial charge in [0.1, 0.15) is 12.4 Å². The van der Waals surface area contributed by atoms with Crippen molar-refractivity contribution < 1.29 is 9.59 Å². The highest BCUT2D eigenvalue weighted by Crippen LogP contribution is 2.25. The van der Waals surface area contributed by atoms with Gasteiger partial charge in [0.15, 0.2) is 5.82 Å². The van der Waals surface area contributed by atoms with Crippen LogP contribution in [0.3, 0.4) is 0 Å². The lowest BCUT2D eigenvalue weighted by atomic mass is 10.2. The van der Waals surface area contributed by atoms with Crippen molar-refractivity contribution in [2.45, 2.75) is 32.2 Å². The van der Waals surface area contributed by atoms with E-state index in [1.165, 1.54) is 18.2 Å². The Bertz CT molecular complexity index is 835. The molecule has 1 aromatic heterocycles. The van der Waals surface area contributed by atoms with Crippen molar-refractivity contribution in [2.75, 3.05) is 24.2 Å². The van der Waals surface area contributed by atoms with Crippen molar-refractivity contribution in [3.8, 4) is 11.4 Å². The van der Waals surface area contributed by atoms with Crippen LogP contribution in [-0.4, -0.2) is 49.7 Å². The molecule has 0 aliphatic carbocycles. The molecule has 26 heavy (non-hydrogen) atoms. The normalized spacial score (nSPS) is 17.1. The first kappa shape index (κ1) is 17.1. The Hall–Kier alpha value is -2.35. The summed E-state index contributed by atoms with van der Waals surface area (Å²) in [6, 6.07) is 7.65. The summed E-state index contributed by atoms with van der Waals surface area (Å²) in [6.45, 7) is 1.65. The van der Waals surface area contributed by atoms with E-state index in [-0.39, 0.29) is 17.7 Å². The van der Waals surface area contributed by atoms with E-state index in [1.807, 2.05) is 24.3 Å². The second-order valence-corrected chi connectivity index (χ2v) is 7.61. The minimum Gasteiger partial charge on any atom is -0.325 e. The molecular formula is C18H21N5O2S. The molecule has 0 saturated carbocycles. The number of carbonyl (C=O) groups excluding carboxylic acids is 2. The smallest absolute Gasteiger partial charge is 0.282 e. The molecule has 1 aromatic carbocycles. The quantitative estimate of drug-likeness (QED) is 0.894. The van der Waals surface area contributed by atoms with E-state index < -0.39 is 0 Å². The Morgan fingerprint density at radius 2 is 2.12 bits per heavy atom. The lowest BCUT2D eigenvalue weighted by molar-refractivity contribution is -0.116. The predicted octanol–water partition coefficient (Wildman–Crippen LogP) is 2.78. The van der Waals surface area contributed by atoms with Crippen LogP contribution in [-0.2, 0) is 17.8 Å².